The Bertz CT molecular complexity index is 1360. The van der Waals surface area contributed by atoms with Crippen LogP contribution in [0.1, 0.15) is 37.8 Å². The minimum absolute atomic E-state index is 0.163. The van der Waals surface area contributed by atoms with Crippen LogP contribution < -0.4 is 10.9 Å². The summed E-state index contributed by atoms with van der Waals surface area (Å²) >= 11 is 1.24. The number of amides is 1. The molecule has 2 aromatic heterocycles. The van der Waals surface area contributed by atoms with Crippen molar-refractivity contribution in [2.24, 2.45) is 0 Å². The summed E-state index contributed by atoms with van der Waals surface area (Å²) in [6.45, 7) is 7.96. The number of anilines is 1. The van der Waals surface area contributed by atoms with Gasteiger partial charge in [-0.05, 0) is 61.2 Å². The van der Waals surface area contributed by atoms with Crippen molar-refractivity contribution in [3.63, 3.8) is 0 Å². The van der Waals surface area contributed by atoms with Crippen LogP contribution >= 0.6 is 11.8 Å². The fourth-order valence-electron chi connectivity index (χ4n) is 3.50. The second-order valence-electron chi connectivity index (χ2n) is 8.22. The number of carbonyl (C=O) groups is 1. The van der Waals surface area contributed by atoms with Gasteiger partial charge in [0.1, 0.15) is 5.82 Å². The van der Waals surface area contributed by atoms with Gasteiger partial charge in [0, 0.05) is 11.9 Å². The number of fused-ring (bicyclic) bond motifs is 1. The van der Waals surface area contributed by atoms with Crippen LogP contribution in [0.3, 0.4) is 0 Å². The standard InChI is InChI=1S/C26H26N4O2S/c1-16(2)19-11-13-20(14-12-19)28-24(31)18(4)33-26-29-22-10-6-5-9-21(22)25(32)30(26)23-17(3)8-7-15-27-23/h5-16,18H,1-4H3,(H,28,31). The lowest BCUT2D eigenvalue weighted by atomic mass is 10.0. The van der Waals surface area contributed by atoms with Gasteiger partial charge in [-0.1, -0.05) is 55.9 Å². The Morgan fingerprint density at radius 2 is 1.73 bits per heavy atom. The third-order valence-corrected chi connectivity index (χ3v) is 6.49. The molecule has 1 atom stereocenters. The number of aryl methyl sites for hydroxylation is 1. The van der Waals surface area contributed by atoms with Gasteiger partial charge < -0.3 is 5.32 Å². The van der Waals surface area contributed by atoms with Gasteiger partial charge in [-0.3, -0.25) is 9.59 Å². The first kappa shape index (κ1) is 22.7. The molecule has 2 aromatic carbocycles. The molecule has 7 heteroatoms. The molecule has 0 radical (unpaired) electrons. The maximum absolute atomic E-state index is 13.4. The lowest BCUT2D eigenvalue weighted by molar-refractivity contribution is -0.115. The van der Waals surface area contributed by atoms with Crippen LogP contribution in [-0.4, -0.2) is 25.7 Å². The van der Waals surface area contributed by atoms with Crippen LogP contribution in [0, 0.1) is 6.92 Å². The number of pyridine rings is 1. The number of thioether (sulfide) groups is 1. The van der Waals surface area contributed by atoms with E-state index in [9.17, 15) is 9.59 Å². The van der Waals surface area contributed by atoms with Gasteiger partial charge >= 0.3 is 0 Å². The summed E-state index contributed by atoms with van der Waals surface area (Å²) in [6, 6.07) is 18.8. The molecule has 1 N–H and O–H groups in total. The van der Waals surface area contributed by atoms with E-state index in [4.69, 9.17) is 4.98 Å². The van der Waals surface area contributed by atoms with E-state index >= 15 is 0 Å². The maximum atomic E-state index is 13.4. The first-order chi connectivity index (χ1) is 15.8. The Labute approximate surface area is 197 Å². The molecule has 0 spiro atoms. The van der Waals surface area contributed by atoms with Gasteiger partial charge in [0.05, 0.1) is 16.2 Å². The summed E-state index contributed by atoms with van der Waals surface area (Å²) in [5.41, 5.74) is 3.18. The molecule has 0 aliphatic heterocycles. The predicted octanol–water partition coefficient (Wildman–Crippen LogP) is 5.33. The molecule has 4 aromatic rings. The molecule has 0 aliphatic carbocycles. The highest BCUT2D eigenvalue weighted by Crippen LogP contribution is 2.26. The third-order valence-electron chi connectivity index (χ3n) is 5.43. The predicted molar refractivity (Wildman–Crippen MR) is 134 cm³/mol. The lowest BCUT2D eigenvalue weighted by Gasteiger charge is -2.17. The van der Waals surface area contributed by atoms with Crippen LogP contribution in [0.2, 0.25) is 0 Å². The molecule has 33 heavy (non-hydrogen) atoms. The molecule has 1 amide bonds. The van der Waals surface area contributed by atoms with E-state index in [0.29, 0.717) is 27.8 Å². The Balaban J connectivity index is 1.67. The first-order valence-electron chi connectivity index (χ1n) is 10.9. The second-order valence-corrected chi connectivity index (χ2v) is 9.53. The van der Waals surface area contributed by atoms with Crippen molar-refractivity contribution in [1.29, 1.82) is 0 Å². The number of nitrogens with one attached hydrogen (secondary N) is 1. The SMILES string of the molecule is Cc1cccnc1-n1c(SC(C)C(=O)Nc2ccc(C(C)C)cc2)nc2ccccc2c1=O. The summed E-state index contributed by atoms with van der Waals surface area (Å²) in [6.07, 6.45) is 1.65. The number of nitrogens with zero attached hydrogens (tertiary/aromatic N) is 3. The summed E-state index contributed by atoms with van der Waals surface area (Å²) < 4.78 is 1.50. The fourth-order valence-corrected chi connectivity index (χ4v) is 4.40. The first-order valence-corrected chi connectivity index (χ1v) is 11.7. The van der Waals surface area contributed by atoms with Crippen molar-refractivity contribution >= 4 is 34.3 Å². The van der Waals surface area contributed by atoms with Crippen molar-refractivity contribution in [1.82, 2.24) is 14.5 Å². The molecule has 4 rings (SSSR count). The largest absolute Gasteiger partial charge is 0.325 e. The second kappa shape index (κ2) is 9.58. The Morgan fingerprint density at radius 1 is 1.00 bits per heavy atom. The van der Waals surface area contributed by atoms with E-state index in [0.717, 1.165) is 11.3 Å². The molecule has 2 heterocycles. The zero-order valence-corrected chi connectivity index (χ0v) is 19.9. The van der Waals surface area contributed by atoms with E-state index < -0.39 is 5.25 Å². The molecule has 168 valence electrons. The molecular formula is C26H26N4O2S. The zero-order chi connectivity index (χ0) is 23.5. The van der Waals surface area contributed by atoms with Gasteiger partial charge in [0.25, 0.3) is 5.56 Å². The average molecular weight is 459 g/mol. The van der Waals surface area contributed by atoms with Crippen LogP contribution in [0.25, 0.3) is 16.7 Å². The lowest BCUT2D eigenvalue weighted by Crippen LogP contribution is -2.27. The maximum Gasteiger partial charge on any atom is 0.267 e. The van der Waals surface area contributed by atoms with Crippen LogP contribution in [-0.2, 0) is 4.79 Å². The highest BCUT2D eigenvalue weighted by atomic mass is 32.2. The van der Waals surface area contributed by atoms with Crippen molar-refractivity contribution < 1.29 is 4.79 Å². The van der Waals surface area contributed by atoms with Crippen molar-refractivity contribution in [3.05, 3.63) is 88.3 Å². The Morgan fingerprint density at radius 3 is 2.42 bits per heavy atom. The Kier molecular flexibility index (Phi) is 6.60. The van der Waals surface area contributed by atoms with Crippen molar-refractivity contribution in [2.45, 2.75) is 44.0 Å². The van der Waals surface area contributed by atoms with Crippen LogP contribution in [0.4, 0.5) is 5.69 Å². The van der Waals surface area contributed by atoms with Gasteiger partial charge in [0.15, 0.2) is 5.16 Å². The zero-order valence-electron chi connectivity index (χ0n) is 19.1. The Hall–Kier alpha value is -3.45. The van der Waals surface area contributed by atoms with Crippen molar-refractivity contribution in [2.75, 3.05) is 5.32 Å². The van der Waals surface area contributed by atoms with Crippen LogP contribution in [0.15, 0.2) is 76.8 Å². The van der Waals surface area contributed by atoms with Crippen molar-refractivity contribution in [3.8, 4) is 5.82 Å². The summed E-state index contributed by atoms with van der Waals surface area (Å²) in [5, 5.41) is 3.41. The average Bonchev–Trinajstić information content (AvgIpc) is 2.80. The third kappa shape index (κ3) is 4.83. The van der Waals surface area contributed by atoms with E-state index in [1.807, 2.05) is 55.5 Å². The summed E-state index contributed by atoms with van der Waals surface area (Å²) in [5.74, 6) is 0.777. The normalized spacial score (nSPS) is 12.2. The molecular weight excluding hydrogens is 432 g/mol. The van der Waals surface area contributed by atoms with Gasteiger partial charge in [-0.15, -0.1) is 0 Å². The molecule has 0 bridgehead atoms. The highest BCUT2D eigenvalue weighted by Gasteiger charge is 2.21. The molecule has 0 fully saturated rings. The van der Waals surface area contributed by atoms with E-state index in [1.165, 1.54) is 21.9 Å². The fraction of sp³-hybridized carbons (Fsp3) is 0.231. The van der Waals surface area contributed by atoms with Gasteiger partial charge in [-0.2, -0.15) is 0 Å². The number of aromatic nitrogens is 3. The molecule has 0 aliphatic rings. The smallest absolute Gasteiger partial charge is 0.267 e. The number of hydrogen-bond acceptors (Lipinski definition) is 5. The molecule has 1 unspecified atom stereocenters. The monoisotopic (exact) mass is 458 g/mol. The minimum Gasteiger partial charge on any atom is -0.325 e. The topological polar surface area (TPSA) is 76.9 Å². The van der Waals surface area contributed by atoms with E-state index in [1.54, 1.807) is 25.3 Å². The number of carbonyl (C=O) groups excluding carboxylic acids is 1. The molecule has 0 saturated carbocycles. The van der Waals surface area contributed by atoms with Crippen LogP contribution in [0.5, 0.6) is 0 Å². The molecule has 6 nitrogen and oxygen atoms in total. The van der Waals surface area contributed by atoms with E-state index in [2.05, 4.69) is 24.1 Å². The summed E-state index contributed by atoms with van der Waals surface area (Å²) in [4.78, 5) is 35.5. The van der Waals surface area contributed by atoms with E-state index in [-0.39, 0.29) is 11.5 Å². The quantitative estimate of drug-likeness (QED) is 0.312. The number of hydrogen-bond donors (Lipinski definition) is 1. The highest BCUT2D eigenvalue weighted by molar-refractivity contribution is 8.00. The number of para-hydroxylation sites is 1. The molecule has 0 saturated heterocycles. The minimum atomic E-state index is -0.488. The van der Waals surface area contributed by atoms with Gasteiger partial charge in [0.2, 0.25) is 5.91 Å². The van der Waals surface area contributed by atoms with Gasteiger partial charge in [-0.25, -0.2) is 14.5 Å². The number of benzene rings is 2. The number of rotatable bonds is 6. The summed E-state index contributed by atoms with van der Waals surface area (Å²) in [7, 11) is 0.